The Morgan fingerprint density at radius 2 is 1.95 bits per heavy atom. The zero-order valence-corrected chi connectivity index (χ0v) is 12.3. The van der Waals surface area contributed by atoms with Gasteiger partial charge >= 0.3 is 0 Å². The Morgan fingerprint density at radius 3 is 2.71 bits per heavy atom. The molecule has 1 aromatic carbocycles. The first-order valence-corrected chi connectivity index (χ1v) is 7.48. The fraction of sp³-hybridized carbons (Fsp3) is 0.333. The van der Waals surface area contributed by atoms with Crippen molar-refractivity contribution in [3.63, 3.8) is 0 Å². The van der Waals surface area contributed by atoms with E-state index in [0.29, 0.717) is 11.7 Å². The normalized spacial score (nSPS) is 18.3. The summed E-state index contributed by atoms with van der Waals surface area (Å²) in [5.41, 5.74) is 3.11. The van der Waals surface area contributed by atoms with Crippen LogP contribution < -0.4 is 4.90 Å². The highest BCUT2D eigenvalue weighted by Crippen LogP contribution is 2.34. The number of benzene rings is 1. The van der Waals surface area contributed by atoms with Crippen molar-refractivity contribution in [2.75, 3.05) is 11.4 Å². The lowest BCUT2D eigenvalue weighted by Gasteiger charge is -2.37. The van der Waals surface area contributed by atoms with Gasteiger partial charge in [-0.3, -0.25) is 0 Å². The van der Waals surface area contributed by atoms with Gasteiger partial charge in [-0.1, -0.05) is 35.9 Å². The zero-order valence-electron chi connectivity index (χ0n) is 12.3. The van der Waals surface area contributed by atoms with Crippen molar-refractivity contribution < 1.29 is 0 Å². The van der Waals surface area contributed by atoms with Gasteiger partial charge in [0.15, 0.2) is 0 Å². The molecule has 3 nitrogen and oxygen atoms in total. The molecule has 2 aromatic rings. The van der Waals surface area contributed by atoms with E-state index in [9.17, 15) is 0 Å². The predicted molar refractivity (Wildman–Crippen MR) is 84.1 cm³/mol. The summed E-state index contributed by atoms with van der Waals surface area (Å²) in [6, 6.07) is 16.9. The molecule has 0 bridgehead atoms. The van der Waals surface area contributed by atoms with E-state index < -0.39 is 0 Å². The van der Waals surface area contributed by atoms with Gasteiger partial charge in [-0.05, 0) is 43.9 Å². The zero-order chi connectivity index (χ0) is 14.7. The molecule has 0 amide bonds. The van der Waals surface area contributed by atoms with E-state index in [0.717, 1.165) is 18.8 Å². The summed E-state index contributed by atoms with van der Waals surface area (Å²) >= 11 is 0. The predicted octanol–water partition coefficient (Wildman–Crippen LogP) is 3.99. The molecular weight excluding hydrogens is 258 g/mol. The fourth-order valence-corrected chi connectivity index (χ4v) is 2.99. The minimum absolute atomic E-state index is 0.362. The molecule has 0 saturated carbocycles. The maximum absolute atomic E-state index is 9.04. The summed E-state index contributed by atoms with van der Waals surface area (Å²) in [6.07, 6.45) is 3.56. The lowest BCUT2D eigenvalue weighted by atomic mass is 9.94. The molecule has 1 saturated heterocycles. The molecule has 3 rings (SSSR count). The van der Waals surface area contributed by atoms with Crippen LogP contribution in [-0.2, 0) is 0 Å². The van der Waals surface area contributed by atoms with Crippen LogP contribution in [0.2, 0.25) is 0 Å². The maximum atomic E-state index is 9.04. The Balaban J connectivity index is 1.94. The standard InChI is InChI=1S/C18H19N3/c1-14-8-10-15(11-9-14)17-6-2-3-12-21(17)18-7-4-5-16(13-19)20-18/h4-5,7-11,17H,2-3,6,12H2,1H3. The van der Waals surface area contributed by atoms with Gasteiger partial charge in [0.2, 0.25) is 0 Å². The molecule has 0 radical (unpaired) electrons. The first kappa shape index (κ1) is 13.6. The summed E-state index contributed by atoms with van der Waals surface area (Å²) < 4.78 is 0. The third-order valence-corrected chi connectivity index (χ3v) is 4.11. The molecule has 1 aliphatic heterocycles. The third-order valence-electron chi connectivity index (χ3n) is 4.11. The molecule has 1 unspecified atom stereocenters. The maximum Gasteiger partial charge on any atom is 0.142 e. The number of aromatic nitrogens is 1. The van der Waals surface area contributed by atoms with Crippen molar-refractivity contribution in [3.8, 4) is 6.07 Å². The topological polar surface area (TPSA) is 39.9 Å². The second-order valence-electron chi connectivity index (χ2n) is 5.61. The molecular formula is C18H19N3. The highest BCUT2D eigenvalue weighted by atomic mass is 15.2. The number of nitriles is 1. The number of rotatable bonds is 2. The Hall–Kier alpha value is -2.34. The monoisotopic (exact) mass is 277 g/mol. The van der Waals surface area contributed by atoms with Crippen LogP contribution in [0.4, 0.5) is 5.82 Å². The minimum Gasteiger partial charge on any atom is -0.350 e. The van der Waals surface area contributed by atoms with Crippen molar-refractivity contribution in [3.05, 3.63) is 59.3 Å². The number of aryl methyl sites for hydroxylation is 1. The lowest BCUT2D eigenvalue weighted by molar-refractivity contribution is 0.469. The highest BCUT2D eigenvalue weighted by Gasteiger charge is 2.25. The number of pyridine rings is 1. The van der Waals surface area contributed by atoms with Crippen molar-refractivity contribution in [2.24, 2.45) is 0 Å². The molecule has 1 aliphatic rings. The minimum atomic E-state index is 0.362. The van der Waals surface area contributed by atoms with Crippen LogP contribution >= 0.6 is 0 Å². The van der Waals surface area contributed by atoms with E-state index in [1.807, 2.05) is 12.1 Å². The number of nitrogens with zero attached hydrogens (tertiary/aromatic N) is 3. The van der Waals surface area contributed by atoms with Gasteiger partial charge in [0.1, 0.15) is 17.6 Å². The quantitative estimate of drug-likeness (QED) is 0.833. The third kappa shape index (κ3) is 2.90. The molecule has 1 aromatic heterocycles. The van der Waals surface area contributed by atoms with Crippen LogP contribution in [0.25, 0.3) is 0 Å². The number of piperidine rings is 1. The summed E-state index contributed by atoms with van der Waals surface area (Å²) in [5, 5.41) is 9.04. The number of hydrogen-bond acceptors (Lipinski definition) is 3. The van der Waals surface area contributed by atoms with E-state index in [1.54, 1.807) is 6.07 Å². The fourth-order valence-electron chi connectivity index (χ4n) is 2.99. The second kappa shape index (κ2) is 5.97. The van der Waals surface area contributed by atoms with Gasteiger partial charge in [0.25, 0.3) is 0 Å². The lowest BCUT2D eigenvalue weighted by Crippen LogP contribution is -2.34. The SMILES string of the molecule is Cc1ccc(C2CCCCN2c2cccc(C#N)n2)cc1. The number of hydrogen-bond donors (Lipinski definition) is 0. The van der Waals surface area contributed by atoms with Crippen molar-refractivity contribution >= 4 is 5.82 Å². The largest absolute Gasteiger partial charge is 0.350 e. The molecule has 1 fully saturated rings. The Morgan fingerprint density at radius 1 is 1.14 bits per heavy atom. The van der Waals surface area contributed by atoms with Crippen molar-refractivity contribution in [2.45, 2.75) is 32.2 Å². The van der Waals surface area contributed by atoms with E-state index in [-0.39, 0.29) is 0 Å². The van der Waals surface area contributed by atoms with Gasteiger partial charge in [-0.2, -0.15) is 5.26 Å². The van der Waals surface area contributed by atoms with Crippen LogP contribution in [0.15, 0.2) is 42.5 Å². The Labute approximate surface area is 125 Å². The van der Waals surface area contributed by atoms with Crippen LogP contribution in [0.1, 0.15) is 42.1 Å². The molecule has 0 spiro atoms. The van der Waals surface area contributed by atoms with Crippen LogP contribution in [0.3, 0.4) is 0 Å². The van der Waals surface area contributed by atoms with E-state index in [2.05, 4.69) is 47.1 Å². The van der Waals surface area contributed by atoms with Gasteiger partial charge in [0, 0.05) is 6.54 Å². The average Bonchev–Trinajstić information content (AvgIpc) is 2.56. The first-order valence-electron chi connectivity index (χ1n) is 7.48. The van der Waals surface area contributed by atoms with Crippen molar-refractivity contribution in [1.29, 1.82) is 5.26 Å². The number of anilines is 1. The van der Waals surface area contributed by atoms with Crippen LogP contribution in [0, 0.1) is 18.3 Å². The van der Waals surface area contributed by atoms with E-state index >= 15 is 0 Å². The molecule has 0 N–H and O–H groups in total. The summed E-state index contributed by atoms with van der Waals surface area (Å²) in [7, 11) is 0. The molecule has 0 aliphatic carbocycles. The summed E-state index contributed by atoms with van der Waals surface area (Å²) in [5.74, 6) is 0.916. The smallest absolute Gasteiger partial charge is 0.142 e. The summed E-state index contributed by atoms with van der Waals surface area (Å²) in [4.78, 5) is 6.82. The Kier molecular flexibility index (Phi) is 3.87. The van der Waals surface area contributed by atoms with Gasteiger partial charge in [-0.25, -0.2) is 4.98 Å². The van der Waals surface area contributed by atoms with Gasteiger partial charge < -0.3 is 4.90 Å². The van der Waals surface area contributed by atoms with Gasteiger partial charge in [0.05, 0.1) is 6.04 Å². The van der Waals surface area contributed by atoms with E-state index in [1.165, 1.54) is 24.0 Å². The molecule has 1 atom stereocenters. The summed E-state index contributed by atoms with van der Waals surface area (Å²) in [6.45, 7) is 3.11. The first-order chi connectivity index (χ1) is 10.3. The van der Waals surface area contributed by atoms with Crippen LogP contribution in [-0.4, -0.2) is 11.5 Å². The van der Waals surface area contributed by atoms with Crippen molar-refractivity contribution in [1.82, 2.24) is 4.98 Å². The average molecular weight is 277 g/mol. The second-order valence-corrected chi connectivity index (χ2v) is 5.61. The Bertz CT molecular complexity index is 655. The molecule has 3 heteroatoms. The molecule has 106 valence electrons. The molecule has 21 heavy (non-hydrogen) atoms. The van der Waals surface area contributed by atoms with E-state index in [4.69, 9.17) is 5.26 Å². The highest BCUT2D eigenvalue weighted by molar-refractivity contribution is 5.45. The van der Waals surface area contributed by atoms with Gasteiger partial charge in [-0.15, -0.1) is 0 Å². The molecule has 2 heterocycles. The van der Waals surface area contributed by atoms with Crippen LogP contribution in [0.5, 0.6) is 0 Å².